The maximum Gasteiger partial charge on any atom is 0.153 e. The van der Waals surface area contributed by atoms with Gasteiger partial charge in [0.05, 0.1) is 4.88 Å². The predicted octanol–water partition coefficient (Wildman–Crippen LogP) is 8.80. The standard InChI is InChI=1S/C33H28FNO2S/c1-35-19-17-25(18-20-35)24-9-13-28(14-10-24)37-32-30-16-15-29(36-22-23-5-3-2-4-6-23)21-31(30)38-33(32)26-7-11-27(34)12-8-26/h2-17,21H,18-20,22H2,1H3. The fraction of sp³-hybridized carbons (Fsp3) is 0.152. The van der Waals surface area contributed by atoms with Crippen molar-refractivity contribution in [3.8, 4) is 27.7 Å². The van der Waals surface area contributed by atoms with Crippen LogP contribution in [0.3, 0.4) is 0 Å². The Morgan fingerprint density at radius 3 is 2.32 bits per heavy atom. The third kappa shape index (κ3) is 5.35. The third-order valence-corrected chi connectivity index (χ3v) is 8.01. The first-order valence-electron chi connectivity index (χ1n) is 12.8. The summed E-state index contributed by atoms with van der Waals surface area (Å²) in [7, 11) is 2.15. The van der Waals surface area contributed by atoms with Crippen LogP contribution in [0.5, 0.6) is 17.2 Å². The van der Waals surface area contributed by atoms with Crippen molar-refractivity contribution >= 4 is 27.0 Å². The van der Waals surface area contributed by atoms with Crippen LogP contribution in [0, 0.1) is 5.82 Å². The van der Waals surface area contributed by atoms with E-state index in [-0.39, 0.29) is 5.82 Å². The van der Waals surface area contributed by atoms with Gasteiger partial charge in [0.2, 0.25) is 0 Å². The molecule has 0 atom stereocenters. The van der Waals surface area contributed by atoms with Gasteiger partial charge >= 0.3 is 0 Å². The van der Waals surface area contributed by atoms with E-state index in [1.54, 1.807) is 23.5 Å². The zero-order valence-corrected chi connectivity index (χ0v) is 22.0. The highest BCUT2D eigenvalue weighted by Gasteiger charge is 2.18. The Labute approximate surface area is 226 Å². The number of halogens is 1. The Balaban J connectivity index is 1.31. The van der Waals surface area contributed by atoms with Gasteiger partial charge in [-0.3, -0.25) is 0 Å². The van der Waals surface area contributed by atoms with Crippen molar-refractivity contribution in [2.45, 2.75) is 13.0 Å². The van der Waals surface area contributed by atoms with Crippen LogP contribution in [0.25, 0.3) is 26.1 Å². The van der Waals surface area contributed by atoms with Crippen LogP contribution < -0.4 is 9.47 Å². The van der Waals surface area contributed by atoms with Gasteiger partial charge in [0.15, 0.2) is 5.75 Å². The summed E-state index contributed by atoms with van der Waals surface area (Å²) in [6.07, 6.45) is 3.35. The lowest BCUT2D eigenvalue weighted by atomic mass is 10.00. The molecule has 0 spiro atoms. The van der Waals surface area contributed by atoms with E-state index in [2.05, 4.69) is 48.4 Å². The average molecular weight is 522 g/mol. The minimum atomic E-state index is -0.257. The van der Waals surface area contributed by atoms with E-state index in [4.69, 9.17) is 9.47 Å². The highest BCUT2D eigenvalue weighted by Crippen LogP contribution is 2.47. The fourth-order valence-corrected chi connectivity index (χ4v) is 5.83. The number of ether oxygens (including phenoxy) is 2. The fourth-order valence-electron chi connectivity index (χ4n) is 4.66. The Morgan fingerprint density at radius 2 is 1.58 bits per heavy atom. The molecule has 0 N–H and O–H groups in total. The summed E-state index contributed by atoms with van der Waals surface area (Å²) >= 11 is 1.62. The second kappa shape index (κ2) is 10.8. The van der Waals surface area contributed by atoms with Gasteiger partial charge in [-0.25, -0.2) is 4.39 Å². The molecule has 0 saturated heterocycles. The van der Waals surface area contributed by atoms with Crippen molar-refractivity contribution < 1.29 is 13.9 Å². The smallest absolute Gasteiger partial charge is 0.153 e. The number of rotatable bonds is 7. The first-order chi connectivity index (χ1) is 18.6. The molecule has 1 aliphatic rings. The molecule has 3 nitrogen and oxygen atoms in total. The molecular formula is C33H28FNO2S. The van der Waals surface area contributed by atoms with Gasteiger partial charge < -0.3 is 14.4 Å². The summed E-state index contributed by atoms with van der Waals surface area (Å²) < 4.78 is 27.3. The molecule has 0 aliphatic carbocycles. The van der Waals surface area contributed by atoms with Crippen molar-refractivity contribution in [1.82, 2.24) is 4.90 Å². The van der Waals surface area contributed by atoms with Gasteiger partial charge in [0.1, 0.15) is 23.9 Å². The second-order valence-corrected chi connectivity index (χ2v) is 10.6. The summed E-state index contributed by atoms with van der Waals surface area (Å²) in [6.45, 7) is 2.56. The Morgan fingerprint density at radius 1 is 0.842 bits per heavy atom. The van der Waals surface area contributed by atoms with Gasteiger partial charge in [0.25, 0.3) is 0 Å². The topological polar surface area (TPSA) is 21.7 Å². The monoisotopic (exact) mass is 521 g/mol. The van der Waals surface area contributed by atoms with E-state index < -0.39 is 0 Å². The number of fused-ring (bicyclic) bond motifs is 1. The highest BCUT2D eigenvalue weighted by atomic mass is 32.1. The largest absolute Gasteiger partial charge is 0.489 e. The Bertz CT molecular complexity index is 1570. The molecule has 0 bridgehead atoms. The van der Waals surface area contributed by atoms with E-state index in [1.807, 2.05) is 42.5 Å². The molecule has 1 aromatic heterocycles. The zero-order chi connectivity index (χ0) is 25.9. The van der Waals surface area contributed by atoms with Crippen LogP contribution in [0.4, 0.5) is 4.39 Å². The van der Waals surface area contributed by atoms with Crippen molar-refractivity contribution in [2.24, 2.45) is 0 Å². The van der Waals surface area contributed by atoms with Gasteiger partial charge in [0, 0.05) is 23.2 Å². The Kier molecular flexibility index (Phi) is 6.95. The van der Waals surface area contributed by atoms with Crippen molar-refractivity contribution in [3.05, 3.63) is 120 Å². The number of likely N-dealkylation sites (N-methyl/N-ethyl adjacent to an activating group) is 1. The SMILES string of the molecule is CN1CC=C(c2ccc(Oc3c(-c4ccc(F)cc4)sc4cc(OCc5ccccc5)ccc34)cc2)CC1. The maximum atomic E-state index is 13.7. The van der Waals surface area contributed by atoms with Crippen LogP contribution in [0.2, 0.25) is 0 Å². The molecule has 1 aliphatic heterocycles. The highest BCUT2D eigenvalue weighted by molar-refractivity contribution is 7.22. The van der Waals surface area contributed by atoms with E-state index in [0.29, 0.717) is 6.61 Å². The van der Waals surface area contributed by atoms with Crippen LogP contribution in [-0.4, -0.2) is 25.0 Å². The molecule has 190 valence electrons. The minimum absolute atomic E-state index is 0.257. The van der Waals surface area contributed by atoms with Crippen molar-refractivity contribution in [3.63, 3.8) is 0 Å². The van der Waals surface area contributed by atoms with Gasteiger partial charge in [-0.15, -0.1) is 11.3 Å². The molecule has 2 heterocycles. The first-order valence-corrected chi connectivity index (χ1v) is 13.6. The van der Waals surface area contributed by atoms with Gasteiger partial charge in [-0.1, -0.05) is 60.7 Å². The average Bonchev–Trinajstić information content (AvgIpc) is 3.31. The molecule has 0 radical (unpaired) electrons. The normalized spacial score (nSPS) is 13.9. The lowest BCUT2D eigenvalue weighted by Gasteiger charge is -2.22. The summed E-state index contributed by atoms with van der Waals surface area (Å²) in [5.41, 5.74) is 4.65. The van der Waals surface area contributed by atoms with Gasteiger partial charge in [-0.2, -0.15) is 0 Å². The quantitative estimate of drug-likeness (QED) is 0.214. The molecule has 0 fully saturated rings. The molecular weight excluding hydrogens is 493 g/mol. The second-order valence-electron chi connectivity index (χ2n) is 9.57. The number of hydrogen-bond donors (Lipinski definition) is 0. The molecule has 0 amide bonds. The summed E-state index contributed by atoms with van der Waals surface area (Å²) in [5.74, 6) is 2.09. The third-order valence-electron chi connectivity index (χ3n) is 6.83. The van der Waals surface area contributed by atoms with Crippen molar-refractivity contribution in [1.29, 1.82) is 0 Å². The Hall–Kier alpha value is -3.93. The number of hydrogen-bond acceptors (Lipinski definition) is 4. The van der Waals surface area contributed by atoms with Gasteiger partial charge in [-0.05, 0) is 78.2 Å². The van der Waals surface area contributed by atoms with E-state index in [1.165, 1.54) is 23.3 Å². The van der Waals surface area contributed by atoms with E-state index in [0.717, 1.165) is 62.8 Å². The van der Waals surface area contributed by atoms with Crippen LogP contribution in [0.1, 0.15) is 17.5 Å². The lowest BCUT2D eigenvalue weighted by molar-refractivity contribution is 0.306. The van der Waals surface area contributed by atoms with Crippen molar-refractivity contribution in [2.75, 3.05) is 20.1 Å². The molecule has 38 heavy (non-hydrogen) atoms. The molecule has 5 aromatic rings. The molecule has 0 saturated carbocycles. The first kappa shape index (κ1) is 24.4. The molecule has 4 aromatic carbocycles. The molecule has 5 heteroatoms. The predicted molar refractivity (Wildman–Crippen MR) is 155 cm³/mol. The number of thiophene rings is 1. The van der Waals surface area contributed by atoms with Crippen LogP contribution in [-0.2, 0) is 6.61 Å². The summed E-state index contributed by atoms with van der Waals surface area (Å²) in [6, 6.07) is 31.1. The molecule has 6 rings (SSSR count). The number of benzene rings is 4. The molecule has 0 unspecified atom stereocenters. The number of nitrogens with zero attached hydrogens (tertiary/aromatic N) is 1. The van der Waals surface area contributed by atoms with E-state index >= 15 is 0 Å². The summed E-state index contributed by atoms with van der Waals surface area (Å²) in [5, 5.41) is 1.00. The minimum Gasteiger partial charge on any atom is -0.489 e. The van der Waals surface area contributed by atoms with E-state index in [9.17, 15) is 4.39 Å². The summed E-state index contributed by atoms with van der Waals surface area (Å²) in [4.78, 5) is 3.28. The maximum absolute atomic E-state index is 13.7. The zero-order valence-electron chi connectivity index (χ0n) is 21.2. The lowest BCUT2D eigenvalue weighted by Crippen LogP contribution is -2.23. The van der Waals surface area contributed by atoms with Crippen LogP contribution >= 0.6 is 11.3 Å². The van der Waals surface area contributed by atoms with Crippen LogP contribution in [0.15, 0.2) is 103 Å².